The van der Waals surface area contributed by atoms with Crippen molar-refractivity contribution in [1.82, 2.24) is 9.97 Å². The predicted molar refractivity (Wildman–Crippen MR) is 59.2 cm³/mol. The number of hydrogen-bond donors (Lipinski definition) is 1. The molecule has 1 aromatic heterocycles. The molecule has 0 spiro atoms. The molecule has 0 radical (unpaired) electrons. The van der Waals surface area contributed by atoms with Crippen molar-refractivity contribution in [3.8, 4) is 0 Å². The fourth-order valence-electron chi connectivity index (χ4n) is 1.93. The third kappa shape index (κ3) is 2.21. The summed E-state index contributed by atoms with van der Waals surface area (Å²) in [6.45, 7) is 2.93. The molecule has 1 unspecified atom stereocenters. The van der Waals surface area contributed by atoms with E-state index in [1.807, 2.05) is 11.8 Å². The highest BCUT2D eigenvalue weighted by Gasteiger charge is 2.26. The Kier molecular flexibility index (Phi) is 3.07. The van der Waals surface area contributed by atoms with Crippen molar-refractivity contribution in [3.63, 3.8) is 0 Å². The molecule has 0 aromatic carbocycles. The predicted octanol–water partition coefficient (Wildman–Crippen LogP) is 1.40. The molecule has 82 valence electrons. The quantitative estimate of drug-likeness (QED) is 0.776. The van der Waals surface area contributed by atoms with Crippen molar-refractivity contribution in [3.05, 3.63) is 16.9 Å². The zero-order valence-corrected chi connectivity index (χ0v) is 9.41. The molecular formula is C10H14ClN3O. The first-order valence-electron chi connectivity index (χ1n) is 5.09. The van der Waals surface area contributed by atoms with Crippen LogP contribution in [0.4, 0.5) is 5.95 Å². The molecule has 0 bridgehead atoms. The number of aliphatic hydroxyl groups excluding tert-OH is 1. The number of aromatic nitrogens is 2. The van der Waals surface area contributed by atoms with Gasteiger partial charge in [-0.05, 0) is 25.8 Å². The number of rotatable bonds is 2. The van der Waals surface area contributed by atoms with E-state index in [-0.39, 0.29) is 12.6 Å². The highest BCUT2D eigenvalue weighted by atomic mass is 35.5. The van der Waals surface area contributed by atoms with Gasteiger partial charge in [0.1, 0.15) is 5.15 Å². The number of aliphatic hydroxyl groups is 1. The lowest BCUT2D eigenvalue weighted by Gasteiger charge is -2.23. The second-order valence-electron chi connectivity index (χ2n) is 3.80. The molecule has 1 saturated heterocycles. The zero-order chi connectivity index (χ0) is 10.8. The summed E-state index contributed by atoms with van der Waals surface area (Å²) in [6, 6.07) is 1.87. The van der Waals surface area contributed by atoms with Crippen LogP contribution >= 0.6 is 11.6 Å². The minimum atomic E-state index is 0.142. The average molecular weight is 228 g/mol. The SMILES string of the molecule is Cc1cc(Cl)nc(N2CCCC2CO)n1. The molecule has 1 aliphatic heterocycles. The summed E-state index contributed by atoms with van der Waals surface area (Å²) in [5.74, 6) is 0.636. The summed E-state index contributed by atoms with van der Waals surface area (Å²) in [7, 11) is 0. The van der Waals surface area contributed by atoms with Crippen LogP contribution in [0, 0.1) is 6.92 Å². The number of anilines is 1. The molecule has 2 heterocycles. The van der Waals surface area contributed by atoms with E-state index in [9.17, 15) is 5.11 Å². The maximum atomic E-state index is 9.21. The molecule has 0 amide bonds. The molecule has 1 aromatic rings. The minimum absolute atomic E-state index is 0.142. The lowest BCUT2D eigenvalue weighted by Crippen LogP contribution is -2.33. The Morgan fingerprint density at radius 2 is 2.40 bits per heavy atom. The standard InChI is InChI=1S/C10H14ClN3O/c1-7-5-9(11)13-10(12-7)14-4-2-3-8(14)6-15/h5,8,15H,2-4,6H2,1H3. The van der Waals surface area contributed by atoms with Gasteiger partial charge in [0.05, 0.1) is 12.6 Å². The van der Waals surface area contributed by atoms with Crippen molar-refractivity contribution in [2.45, 2.75) is 25.8 Å². The summed E-state index contributed by atoms with van der Waals surface area (Å²) < 4.78 is 0. The summed E-state index contributed by atoms with van der Waals surface area (Å²) in [5.41, 5.74) is 0.855. The van der Waals surface area contributed by atoms with Gasteiger partial charge in [0.15, 0.2) is 0 Å². The van der Waals surface area contributed by atoms with E-state index >= 15 is 0 Å². The third-order valence-corrected chi connectivity index (χ3v) is 2.85. The van der Waals surface area contributed by atoms with Crippen LogP contribution in [-0.2, 0) is 0 Å². The first kappa shape index (κ1) is 10.6. The largest absolute Gasteiger partial charge is 0.394 e. The summed E-state index contributed by atoms with van der Waals surface area (Å²) in [6.07, 6.45) is 2.06. The van der Waals surface area contributed by atoms with Crippen LogP contribution in [0.3, 0.4) is 0 Å². The minimum Gasteiger partial charge on any atom is -0.394 e. The molecule has 4 nitrogen and oxygen atoms in total. The summed E-state index contributed by atoms with van der Waals surface area (Å²) in [4.78, 5) is 10.5. The number of nitrogens with zero attached hydrogens (tertiary/aromatic N) is 3. The lowest BCUT2D eigenvalue weighted by molar-refractivity contribution is 0.265. The van der Waals surface area contributed by atoms with Gasteiger partial charge in [0.25, 0.3) is 0 Å². The van der Waals surface area contributed by atoms with E-state index < -0.39 is 0 Å². The lowest BCUT2D eigenvalue weighted by atomic mass is 10.2. The summed E-state index contributed by atoms with van der Waals surface area (Å²) >= 11 is 5.88. The normalized spacial score (nSPS) is 21.0. The van der Waals surface area contributed by atoms with E-state index in [2.05, 4.69) is 9.97 Å². The molecule has 5 heteroatoms. The third-order valence-electron chi connectivity index (χ3n) is 2.66. The zero-order valence-electron chi connectivity index (χ0n) is 8.65. The number of hydrogen-bond acceptors (Lipinski definition) is 4. The topological polar surface area (TPSA) is 49.2 Å². The van der Waals surface area contributed by atoms with E-state index in [1.54, 1.807) is 6.07 Å². The Bertz CT molecular complexity index is 338. The van der Waals surface area contributed by atoms with Crippen LogP contribution in [0.1, 0.15) is 18.5 Å². The van der Waals surface area contributed by atoms with Crippen molar-refractivity contribution in [1.29, 1.82) is 0 Å². The van der Waals surface area contributed by atoms with Crippen LogP contribution in [0.2, 0.25) is 5.15 Å². The molecule has 15 heavy (non-hydrogen) atoms. The Balaban J connectivity index is 2.28. The van der Waals surface area contributed by atoms with Gasteiger partial charge in [-0.2, -0.15) is 0 Å². The fraction of sp³-hybridized carbons (Fsp3) is 0.600. The van der Waals surface area contributed by atoms with Gasteiger partial charge >= 0.3 is 0 Å². The molecule has 0 saturated carbocycles. The van der Waals surface area contributed by atoms with Gasteiger partial charge in [-0.25, -0.2) is 9.97 Å². The molecule has 0 aliphatic carbocycles. The van der Waals surface area contributed by atoms with E-state index in [4.69, 9.17) is 11.6 Å². The van der Waals surface area contributed by atoms with Gasteiger partial charge in [-0.1, -0.05) is 11.6 Å². The van der Waals surface area contributed by atoms with Crippen LogP contribution < -0.4 is 4.90 Å². The summed E-state index contributed by atoms with van der Waals surface area (Å²) in [5, 5.41) is 9.67. The maximum Gasteiger partial charge on any atom is 0.227 e. The fourth-order valence-corrected chi connectivity index (χ4v) is 2.17. The number of aryl methyl sites for hydroxylation is 1. The Labute approximate surface area is 93.9 Å². The van der Waals surface area contributed by atoms with Crippen molar-refractivity contribution >= 4 is 17.5 Å². The molecular weight excluding hydrogens is 214 g/mol. The van der Waals surface area contributed by atoms with E-state index in [0.717, 1.165) is 25.1 Å². The first-order chi connectivity index (χ1) is 7.20. The Morgan fingerprint density at radius 1 is 1.60 bits per heavy atom. The van der Waals surface area contributed by atoms with Crippen LogP contribution in [-0.4, -0.2) is 34.3 Å². The Morgan fingerprint density at radius 3 is 3.07 bits per heavy atom. The van der Waals surface area contributed by atoms with Crippen LogP contribution in [0.15, 0.2) is 6.07 Å². The highest BCUT2D eigenvalue weighted by molar-refractivity contribution is 6.29. The van der Waals surface area contributed by atoms with E-state index in [0.29, 0.717) is 11.1 Å². The van der Waals surface area contributed by atoms with Crippen molar-refractivity contribution < 1.29 is 5.11 Å². The molecule has 1 N–H and O–H groups in total. The highest BCUT2D eigenvalue weighted by Crippen LogP contribution is 2.23. The Hall–Kier alpha value is -0.870. The van der Waals surface area contributed by atoms with Crippen molar-refractivity contribution in [2.75, 3.05) is 18.1 Å². The van der Waals surface area contributed by atoms with Gasteiger partial charge in [0.2, 0.25) is 5.95 Å². The second kappa shape index (κ2) is 4.33. The van der Waals surface area contributed by atoms with E-state index in [1.165, 1.54) is 0 Å². The molecule has 1 fully saturated rings. The number of halogens is 1. The smallest absolute Gasteiger partial charge is 0.227 e. The molecule has 2 rings (SSSR count). The molecule has 1 aliphatic rings. The van der Waals surface area contributed by atoms with Crippen LogP contribution in [0.25, 0.3) is 0 Å². The molecule has 1 atom stereocenters. The maximum absolute atomic E-state index is 9.21. The first-order valence-corrected chi connectivity index (χ1v) is 5.47. The second-order valence-corrected chi connectivity index (χ2v) is 4.19. The average Bonchev–Trinajstić information content (AvgIpc) is 2.63. The van der Waals surface area contributed by atoms with Crippen LogP contribution in [0.5, 0.6) is 0 Å². The van der Waals surface area contributed by atoms with Gasteiger partial charge in [-0.3, -0.25) is 0 Å². The van der Waals surface area contributed by atoms with Gasteiger partial charge in [-0.15, -0.1) is 0 Å². The monoisotopic (exact) mass is 227 g/mol. The van der Waals surface area contributed by atoms with Crippen molar-refractivity contribution in [2.24, 2.45) is 0 Å². The van der Waals surface area contributed by atoms with Gasteiger partial charge < -0.3 is 10.0 Å². The van der Waals surface area contributed by atoms with Gasteiger partial charge in [0, 0.05) is 12.2 Å².